The van der Waals surface area contributed by atoms with Gasteiger partial charge in [-0.3, -0.25) is 4.79 Å². The van der Waals surface area contributed by atoms with E-state index in [-0.39, 0.29) is 18.3 Å². The first-order valence-corrected chi connectivity index (χ1v) is 4.45. The molecule has 1 rings (SSSR count). The number of rotatable bonds is 1. The third-order valence-electron chi connectivity index (χ3n) is 1.68. The molecule has 1 heterocycles. The van der Waals surface area contributed by atoms with Gasteiger partial charge in [0.2, 0.25) is 5.91 Å². The fourth-order valence-electron chi connectivity index (χ4n) is 0.968. The lowest BCUT2D eigenvalue weighted by atomic mass is 10.2. The average molecular weight is 206 g/mol. The van der Waals surface area contributed by atoms with E-state index in [9.17, 15) is 9.18 Å². The van der Waals surface area contributed by atoms with Crippen LogP contribution in [0.1, 0.15) is 18.2 Å². The monoisotopic (exact) mass is 206 g/mol. The molecule has 78 valence electrons. The van der Waals surface area contributed by atoms with Crippen molar-refractivity contribution < 1.29 is 9.18 Å². The number of carbonyl (C=O) groups is 1. The highest BCUT2D eigenvalue weighted by Gasteiger charge is 1.97. The second kappa shape index (κ2) is 5.11. The van der Waals surface area contributed by atoms with Crippen LogP contribution in [0.5, 0.6) is 0 Å². The van der Waals surface area contributed by atoms with Gasteiger partial charge in [-0.05, 0) is 24.5 Å². The molecule has 0 atom stereocenters. The Morgan fingerprint density at radius 3 is 3.00 bits per heavy atom. The number of nitrogens with one attached hydrogen (secondary N) is 1. The molecule has 15 heavy (non-hydrogen) atoms. The van der Waals surface area contributed by atoms with Gasteiger partial charge in [0.1, 0.15) is 11.5 Å². The van der Waals surface area contributed by atoms with E-state index in [1.165, 1.54) is 13.0 Å². The summed E-state index contributed by atoms with van der Waals surface area (Å²) in [6.07, 6.45) is 1.12. The minimum Gasteiger partial charge on any atom is -0.345 e. The second-order valence-corrected chi connectivity index (χ2v) is 3.03. The molecular weight excluding hydrogens is 195 g/mol. The van der Waals surface area contributed by atoms with E-state index in [0.29, 0.717) is 11.3 Å². The second-order valence-electron chi connectivity index (χ2n) is 3.03. The first-order valence-electron chi connectivity index (χ1n) is 4.45. The van der Waals surface area contributed by atoms with Crippen LogP contribution in [-0.2, 0) is 4.79 Å². The van der Waals surface area contributed by atoms with Crippen molar-refractivity contribution in [3.63, 3.8) is 0 Å². The van der Waals surface area contributed by atoms with Crippen molar-refractivity contribution in [2.24, 2.45) is 0 Å². The summed E-state index contributed by atoms with van der Waals surface area (Å²) in [4.78, 5) is 14.4. The van der Waals surface area contributed by atoms with E-state index < -0.39 is 0 Å². The highest BCUT2D eigenvalue weighted by Crippen LogP contribution is 2.04. The van der Waals surface area contributed by atoms with Gasteiger partial charge < -0.3 is 5.32 Å². The van der Waals surface area contributed by atoms with Crippen LogP contribution in [0.2, 0.25) is 0 Å². The summed E-state index contributed by atoms with van der Waals surface area (Å²) >= 11 is 0. The van der Waals surface area contributed by atoms with E-state index in [2.05, 4.69) is 22.1 Å². The first-order chi connectivity index (χ1) is 7.09. The van der Waals surface area contributed by atoms with Gasteiger partial charge in [-0.1, -0.05) is 5.92 Å². The Morgan fingerprint density at radius 2 is 2.40 bits per heavy atom. The summed E-state index contributed by atoms with van der Waals surface area (Å²) in [5.74, 6) is 4.97. The Hall–Kier alpha value is -1.89. The van der Waals surface area contributed by atoms with Crippen molar-refractivity contribution in [1.82, 2.24) is 10.3 Å². The molecule has 3 nitrogen and oxygen atoms in total. The molecule has 1 amide bonds. The van der Waals surface area contributed by atoms with Crippen LogP contribution in [0.3, 0.4) is 0 Å². The summed E-state index contributed by atoms with van der Waals surface area (Å²) < 4.78 is 12.7. The Morgan fingerprint density at radius 1 is 1.67 bits per heavy atom. The molecule has 0 unspecified atom stereocenters. The molecule has 0 saturated heterocycles. The predicted molar refractivity (Wildman–Crippen MR) is 54.5 cm³/mol. The van der Waals surface area contributed by atoms with Crippen molar-refractivity contribution in [1.29, 1.82) is 0 Å². The average Bonchev–Trinajstić information content (AvgIpc) is 2.14. The van der Waals surface area contributed by atoms with E-state index >= 15 is 0 Å². The Balaban J connectivity index is 2.67. The SMILES string of the molecule is CC(=O)NCC#Cc1ncc(F)cc1C. The molecule has 4 heteroatoms. The molecule has 0 saturated carbocycles. The maximum atomic E-state index is 12.7. The van der Waals surface area contributed by atoms with E-state index in [0.717, 1.165) is 6.20 Å². The molecular formula is C11H11FN2O. The van der Waals surface area contributed by atoms with Gasteiger partial charge in [-0.15, -0.1) is 0 Å². The normalized spacial score (nSPS) is 9.00. The molecule has 1 aromatic rings. The number of nitrogens with zero attached hydrogens (tertiary/aromatic N) is 1. The van der Waals surface area contributed by atoms with Gasteiger partial charge in [0, 0.05) is 6.92 Å². The van der Waals surface area contributed by atoms with Crippen LogP contribution in [0.15, 0.2) is 12.3 Å². The number of pyridine rings is 1. The minimum absolute atomic E-state index is 0.131. The fraction of sp³-hybridized carbons (Fsp3) is 0.273. The standard InChI is InChI=1S/C11H11FN2O/c1-8-6-10(12)7-14-11(8)4-3-5-13-9(2)15/h6-7H,5H2,1-2H3,(H,13,15). The van der Waals surface area contributed by atoms with Crippen LogP contribution in [0, 0.1) is 24.6 Å². The molecule has 1 N–H and O–H groups in total. The minimum atomic E-state index is -0.375. The highest BCUT2D eigenvalue weighted by molar-refractivity contribution is 5.73. The van der Waals surface area contributed by atoms with Gasteiger partial charge in [-0.2, -0.15) is 0 Å². The largest absolute Gasteiger partial charge is 0.345 e. The summed E-state index contributed by atoms with van der Waals surface area (Å²) in [7, 11) is 0. The number of halogens is 1. The maximum absolute atomic E-state index is 12.7. The van der Waals surface area contributed by atoms with Gasteiger partial charge in [0.15, 0.2) is 0 Å². The quantitative estimate of drug-likeness (QED) is 0.697. The number of hydrogen-bond donors (Lipinski definition) is 1. The molecule has 0 radical (unpaired) electrons. The third kappa shape index (κ3) is 3.77. The van der Waals surface area contributed by atoms with Crippen LogP contribution in [-0.4, -0.2) is 17.4 Å². The number of amides is 1. The van der Waals surface area contributed by atoms with Crippen molar-refractivity contribution in [3.05, 3.63) is 29.3 Å². The summed E-state index contributed by atoms with van der Waals surface area (Å²) in [5.41, 5.74) is 1.21. The molecule has 0 fully saturated rings. The van der Waals surface area contributed by atoms with Gasteiger partial charge in [-0.25, -0.2) is 9.37 Å². The van der Waals surface area contributed by atoms with Crippen LogP contribution < -0.4 is 5.32 Å². The van der Waals surface area contributed by atoms with Crippen LogP contribution >= 0.6 is 0 Å². The number of aryl methyl sites for hydroxylation is 1. The van der Waals surface area contributed by atoms with Gasteiger partial charge in [0.05, 0.1) is 12.7 Å². The van der Waals surface area contributed by atoms with Gasteiger partial charge in [0.25, 0.3) is 0 Å². The van der Waals surface area contributed by atoms with E-state index in [1.54, 1.807) is 6.92 Å². The lowest BCUT2D eigenvalue weighted by Crippen LogP contribution is -2.19. The van der Waals surface area contributed by atoms with Crippen molar-refractivity contribution in [2.75, 3.05) is 6.54 Å². The molecule has 0 bridgehead atoms. The highest BCUT2D eigenvalue weighted by atomic mass is 19.1. The molecule has 0 aliphatic carbocycles. The van der Waals surface area contributed by atoms with Crippen molar-refractivity contribution >= 4 is 5.91 Å². The molecule has 0 aromatic carbocycles. The maximum Gasteiger partial charge on any atom is 0.217 e. The number of carbonyl (C=O) groups excluding carboxylic acids is 1. The first kappa shape index (κ1) is 11.2. The van der Waals surface area contributed by atoms with Crippen LogP contribution in [0.25, 0.3) is 0 Å². The van der Waals surface area contributed by atoms with E-state index in [1.807, 2.05) is 0 Å². The van der Waals surface area contributed by atoms with E-state index in [4.69, 9.17) is 0 Å². The Bertz CT molecular complexity index is 432. The third-order valence-corrected chi connectivity index (χ3v) is 1.68. The zero-order valence-corrected chi connectivity index (χ0v) is 8.60. The smallest absolute Gasteiger partial charge is 0.217 e. The summed E-state index contributed by atoms with van der Waals surface area (Å²) in [6, 6.07) is 1.37. The summed E-state index contributed by atoms with van der Waals surface area (Å²) in [6.45, 7) is 3.43. The fourth-order valence-corrected chi connectivity index (χ4v) is 0.968. The number of hydrogen-bond acceptors (Lipinski definition) is 2. The molecule has 0 aliphatic heterocycles. The Kier molecular flexibility index (Phi) is 3.81. The lowest BCUT2D eigenvalue weighted by molar-refractivity contribution is -0.118. The lowest BCUT2D eigenvalue weighted by Gasteiger charge is -1.96. The molecule has 0 spiro atoms. The number of aromatic nitrogens is 1. The molecule has 1 aromatic heterocycles. The Labute approximate surface area is 87.7 Å². The van der Waals surface area contributed by atoms with Crippen molar-refractivity contribution in [2.45, 2.75) is 13.8 Å². The molecule has 0 aliphatic rings. The summed E-state index contributed by atoms with van der Waals surface area (Å²) in [5, 5.41) is 2.53. The van der Waals surface area contributed by atoms with Gasteiger partial charge >= 0.3 is 0 Å². The topological polar surface area (TPSA) is 42.0 Å². The zero-order chi connectivity index (χ0) is 11.3. The van der Waals surface area contributed by atoms with Crippen molar-refractivity contribution in [3.8, 4) is 11.8 Å². The van der Waals surface area contributed by atoms with Crippen LogP contribution in [0.4, 0.5) is 4.39 Å². The predicted octanol–water partition coefficient (Wildman–Crippen LogP) is 1.02. The zero-order valence-electron chi connectivity index (χ0n) is 8.60.